The van der Waals surface area contributed by atoms with E-state index in [4.69, 9.17) is 4.74 Å². The molecule has 0 aliphatic heterocycles. The van der Waals surface area contributed by atoms with Gasteiger partial charge in [0.2, 0.25) is 0 Å². The molecule has 25 heavy (non-hydrogen) atoms. The largest absolute Gasteiger partial charge is 0.496 e. The summed E-state index contributed by atoms with van der Waals surface area (Å²) >= 11 is 1.61. The average molecular weight is 364 g/mol. The minimum Gasteiger partial charge on any atom is -0.496 e. The van der Waals surface area contributed by atoms with Gasteiger partial charge in [-0.25, -0.2) is 4.79 Å². The molecule has 0 aliphatic rings. The van der Waals surface area contributed by atoms with E-state index in [0.29, 0.717) is 12.3 Å². The van der Waals surface area contributed by atoms with Gasteiger partial charge in [-0.1, -0.05) is 6.07 Å². The number of anilines is 1. The lowest BCUT2D eigenvalue weighted by molar-refractivity contribution is -0.384. The fraction of sp³-hybridized carbons (Fsp3) is 0.312. The van der Waals surface area contributed by atoms with Gasteiger partial charge >= 0.3 is 6.03 Å². The van der Waals surface area contributed by atoms with E-state index in [-0.39, 0.29) is 17.4 Å². The van der Waals surface area contributed by atoms with Gasteiger partial charge in [-0.05, 0) is 37.7 Å². The molecular formula is C16H20N4O4S. The number of hydrogen-bond acceptors (Lipinski definition) is 6. The maximum atomic E-state index is 12.1. The lowest BCUT2D eigenvalue weighted by atomic mass is 10.2. The number of benzene rings is 1. The van der Waals surface area contributed by atoms with Gasteiger partial charge in [-0.2, -0.15) is 0 Å². The Kier molecular flexibility index (Phi) is 6.31. The van der Waals surface area contributed by atoms with Gasteiger partial charge < -0.3 is 20.3 Å². The van der Waals surface area contributed by atoms with Crippen molar-refractivity contribution >= 4 is 28.7 Å². The fourth-order valence-electron chi connectivity index (χ4n) is 2.27. The molecule has 1 heterocycles. The molecule has 1 atom stereocenters. The Balaban J connectivity index is 2.04. The van der Waals surface area contributed by atoms with Crippen LogP contribution in [-0.2, 0) is 0 Å². The summed E-state index contributed by atoms with van der Waals surface area (Å²) in [6.45, 7) is 0.378. The SMILES string of the molecule is COc1ccc(NC(=O)NC[C@H](c2cccs2)N(C)C)c([N+](=O)[O-])c1. The van der Waals surface area contributed by atoms with Crippen molar-refractivity contribution in [2.24, 2.45) is 0 Å². The van der Waals surface area contributed by atoms with Crippen LogP contribution < -0.4 is 15.4 Å². The summed E-state index contributed by atoms with van der Waals surface area (Å²) in [7, 11) is 5.28. The molecule has 9 heteroatoms. The third-order valence-electron chi connectivity index (χ3n) is 3.60. The molecule has 0 radical (unpaired) electrons. The molecule has 1 aromatic carbocycles. The number of carbonyl (C=O) groups is 1. The van der Waals surface area contributed by atoms with E-state index in [1.54, 1.807) is 17.4 Å². The molecule has 134 valence electrons. The van der Waals surface area contributed by atoms with Crippen LogP contribution in [0.5, 0.6) is 5.75 Å². The Morgan fingerprint density at radius 3 is 2.72 bits per heavy atom. The molecule has 2 amide bonds. The molecule has 2 N–H and O–H groups in total. The van der Waals surface area contributed by atoms with Crippen molar-refractivity contribution in [1.29, 1.82) is 0 Å². The Bertz CT molecular complexity index is 734. The number of carbonyl (C=O) groups excluding carboxylic acids is 1. The summed E-state index contributed by atoms with van der Waals surface area (Å²) in [5.74, 6) is 0.350. The second-order valence-electron chi connectivity index (χ2n) is 5.47. The van der Waals surface area contributed by atoms with E-state index in [1.807, 2.05) is 36.5 Å². The van der Waals surface area contributed by atoms with Crippen LogP contribution in [0.1, 0.15) is 10.9 Å². The van der Waals surface area contributed by atoms with Gasteiger partial charge in [-0.3, -0.25) is 10.1 Å². The number of methoxy groups -OCH3 is 1. The first-order valence-electron chi connectivity index (χ1n) is 7.49. The van der Waals surface area contributed by atoms with Gasteiger partial charge in [0.15, 0.2) is 0 Å². The number of likely N-dealkylation sites (N-methyl/N-ethyl adjacent to an activating group) is 1. The van der Waals surface area contributed by atoms with Crippen LogP contribution in [0, 0.1) is 10.1 Å². The van der Waals surface area contributed by atoms with Gasteiger partial charge in [-0.15, -0.1) is 11.3 Å². The average Bonchev–Trinajstić information content (AvgIpc) is 3.09. The van der Waals surface area contributed by atoms with Gasteiger partial charge in [0.25, 0.3) is 5.69 Å². The quantitative estimate of drug-likeness (QED) is 0.581. The Hall–Kier alpha value is -2.65. The number of ether oxygens (including phenoxy) is 1. The molecule has 2 rings (SSSR count). The topological polar surface area (TPSA) is 96.7 Å². The summed E-state index contributed by atoms with van der Waals surface area (Å²) in [5.41, 5.74) is -0.113. The molecule has 0 fully saturated rings. The predicted molar refractivity (Wildman–Crippen MR) is 97.4 cm³/mol. The van der Waals surface area contributed by atoms with E-state index < -0.39 is 11.0 Å². The highest BCUT2D eigenvalue weighted by Crippen LogP contribution is 2.29. The number of nitrogens with zero attached hydrogens (tertiary/aromatic N) is 2. The summed E-state index contributed by atoms with van der Waals surface area (Å²) in [6, 6.07) is 7.74. The first kappa shape index (κ1) is 18.7. The highest BCUT2D eigenvalue weighted by molar-refractivity contribution is 7.10. The number of amides is 2. The lowest BCUT2D eigenvalue weighted by Gasteiger charge is -2.23. The highest BCUT2D eigenvalue weighted by atomic mass is 32.1. The zero-order valence-electron chi connectivity index (χ0n) is 14.2. The van der Waals surface area contributed by atoms with Crippen molar-refractivity contribution in [2.45, 2.75) is 6.04 Å². The van der Waals surface area contributed by atoms with Crippen LogP contribution in [-0.4, -0.2) is 43.6 Å². The zero-order valence-corrected chi connectivity index (χ0v) is 15.0. The van der Waals surface area contributed by atoms with Crippen LogP contribution in [0.2, 0.25) is 0 Å². The smallest absolute Gasteiger partial charge is 0.319 e. The van der Waals surface area contributed by atoms with Gasteiger partial charge in [0, 0.05) is 11.4 Å². The molecule has 0 saturated heterocycles. The minimum atomic E-state index is -0.563. The van der Waals surface area contributed by atoms with E-state index >= 15 is 0 Å². The number of nitro groups is 1. The summed E-state index contributed by atoms with van der Waals surface area (Å²) in [6.07, 6.45) is 0. The van der Waals surface area contributed by atoms with Crippen molar-refractivity contribution in [3.8, 4) is 5.75 Å². The Morgan fingerprint density at radius 1 is 1.40 bits per heavy atom. The van der Waals surface area contributed by atoms with Crippen molar-refractivity contribution in [3.63, 3.8) is 0 Å². The van der Waals surface area contributed by atoms with Crippen LogP contribution in [0.15, 0.2) is 35.7 Å². The van der Waals surface area contributed by atoms with Crippen molar-refractivity contribution in [3.05, 3.63) is 50.7 Å². The van der Waals surface area contributed by atoms with Crippen LogP contribution in [0.3, 0.4) is 0 Å². The third-order valence-corrected chi connectivity index (χ3v) is 4.57. The molecule has 8 nitrogen and oxygen atoms in total. The molecular weight excluding hydrogens is 344 g/mol. The molecule has 0 bridgehead atoms. The van der Waals surface area contributed by atoms with Crippen molar-refractivity contribution < 1.29 is 14.5 Å². The van der Waals surface area contributed by atoms with Gasteiger partial charge in [0.05, 0.1) is 24.1 Å². The van der Waals surface area contributed by atoms with Crippen molar-refractivity contribution in [1.82, 2.24) is 10.2 Å². The summed E-state index contributed by atoms with van der Waals surface area (Å²) in [5, 5.41) is 18.4. The van der Waals surface area contributed by atoms with E-state index in [9.17, 15) is 14.9 Å². The van der Waals surface area contributed by atoms with Crippen LogP contribution >= 0.6 is 11.3 Å². The minimum absolute atomic E-state index is 0.0246. The molecule has 2 aromatic rings. The second kappa shape index (κ2) is 8.45. The first-order valence-corrected chi connectivity index (χ1v) is 8.37. The van der Waals surface area contributed by atoms with E-state index in [0.717, 1.165) is 4.88 Å². The Morgan fingerprint density at radius 2 is 2.16 bits per heavy atom. The van der Waals surface area contributed by atoms with Crippen LogP contribution in [0.4, 0.5) is 16.2 Å². The maximum absolute atomic E-state index is 12.1. The molecule has 0 aliphatic carbocycles. The second-order valence-corrected chi connectivity index (χ2v) is 6.45. The van der Waals surface area contributed by atoms with Gasteiger partial charge in [0.1, 0.15) is 11.4 Å². The predicted octanol–water partition coefficient (Wildman–Crippen LogP) is 3.09. The number of nitro benzene ring substituents is 1. The normalized spacial score (nSPS) is 11.8. The van der Waals surface area contributed by atoms with Crippen molar-refractivity contribution in [2.75, 3.05) is 33.1 Å². The number of hydrogen-bond donors (Lipinski definition) is 2. The zero-order chi connectivity index (χ0) is 18.4. The van der Waals surface area contributed by atoms with E-state index in [1.165, 1.54) is 19.2 Å². The molecule has 0 unspecified atom stereocenters. The Labute approximate surface area is 149 Å². The number of thiophene rings is 1. The molecule has 0 spiro atoms. The highest BCUT2D eigenvalue weighted by Gasteiger charge is 2.19. The monoisotopic (exact) mass is 364 g/mol. The van der Waals surface area contributed by atoms with Crippen LogP contribution in [0.25, 0.3) is 0 Å². The van der Waals surface area contributed by atoms with E-state index in [2.05, 4.69) is 10.6 Å². The fourth-order valence-corrected chi connectivity index (χ4v) is 3.19. The number of urea groups is 1. The first-order chi connectivity index (χ1) is 11.9. The lowest BCUT2D eigenvalue weighted by Crippen LogP contribution is -2.36. The molecule has 1 aromatic heterocycles. The standard InChI is InChI=1S/C16H20N4O4S/c1-19(2)14(15-5-4-8-25-15)10-17-16(21)18-12-7-6-11(24-3)9-13(12)20(22)23/h4-9,14H,10H2,1-3H3,(H2,17,18,21)/t14-/m1/s1. The number of nitrogens with one attached hydrogen (secondary N) is 2. The summed E-state index contributed by atoms with van der Waals surface area (Å²) in [4.78, 5) is 25.9. The maximum Gasteiger partial charge on any atom is 0.319 e. The number of rotatable bonds is 7. The molecule has 0 saturated carbocycles. The summed E-state index contributed by atoms with van der Waals surface area (Å²) < 4.78 is 4.97. The third kappa shape index (κ3) is 4.91.